The molecular weight excluding hydrogens is 520 g/mol. The number of aromatic amines is 1. The predicted molar refractivity (Wildman–Crippen MR) is 154 cm³/mol. The number of nitro benzene ring substituents is 1. The normalized spacial score (nSPS) is 11.5. The lowest BCUT2D eigenvalue weighted by molar-refractivity contribution is -0.384. The first-order valence-electron chi connectivity index (χ1n) is 12.3. The molecule has 5 aromatic rings. The number of H-pyrrole nitrogens is 1. The van der Waals surface area contributed by atoms with Crippen LogP contribution in [0.1, 0.15) is 35.0 Å². The Balaban J connectivity index is 1.80. The largest absolute Gasteiger partial charge is 0.337 e. The molecule has 2 aromatic heterocycles. The predicted octanol–water partition coefficient (Wildman–Crippen LogP) is 5.37. The average Bonchev–Trinajstić information content (AvgIpc) is 3.42. The van der Waals surface area contributed by atoms with Crippen molar-refractivity contribution in [1.82, 2.24) is 14.6 Å². The van der Waals surface area contributed by atoms with Crippen molar-refractivity contribution in [1.29, 1.82) is 10.5 Å². The Kier molecular flexibility index (Phi) is 7.01. The molecule has 2 heterocycles. The van der Waals surface area contributed by atoms with E-state index in [2.05, 4.69) is 26.1 Å². The number of rotatable bonds is 6. The number of nitriles is 2. The SMILES string of the molecule is C/C(=N\n1c(/N=C/c2ccccc2C)c(C#N)c(-c2ccc([N+](=O)[O-])cc2)c(C#N)c1=O)c1nc2ccccc2[nH]1. The molecule has 0 aliphatic heterocycles. The Morgan fingerprint density at radius 2 is 1.71 bits per heavy atom. The number of imidazole rings is 1. The number of nitrogens with one attached hydrogen (secondary N) is 1. The average molecular weight is 541 g/mol. The molecule has 41 heavy (non-hydrogen) atoms. The molecule has 3 aromatic carbocycles. The monoisotopic (exact) mass is 540 g/mol. The second-order valence-corrected chi connectivity index (χ2v) is 9.00. The van der Waals surface area contributed by atoms with E-state index in [0.29, 0.717) is 17.1 Å². The number of pyridine rings is 1. The fraction of sp³-hybridized carbons (Fsp3) is 0.0667. The highest BCUT2D eigenvalue weighted by molar-refractivity contribution is 5.98. The van der Waals surface area contributed by atoms with Gasteiger partial charge in [0, 0.05) is 23.9 Å². The van der Waals surface area contributed by atoms with E-state index in [1.807, 2.05) is 61.5 Å². The summed E-state index contributed by atoms with van der Waals surface area (Å²) in [4.78, 5) is 36.6. The Labute approximate surface area is 233 Å². The molecule has 0 spiro atoms. The zero-order chi connectivity index (χ0) is 29.1. The van der Waals surface area contributed by atoms with Gasteiger partial charge in [-0.1, -0.05) is 36.4 Å². The minimum atomic E-state index is -0.813. The molecule has 0 bridgehead atoms. The first-order chi connectivity index (χ1) is 19.8. The highest BCUT2D eigenvalue weighted by Gasteiger charge is 2.24. The number of hydrogen-bond donors (Lipinski definition) is 1. The van der Waals surface area contributed by atoms with Crippen LogP contribution in [0.25, 0.3) is 22.2 Å². The van der Waals surface area contributed by atoms with Crippen LogP contribution < -0.4 is 5.56 Å². The van der Waals surface area contributed by atoms with Crippen LogP contribution >= 0.6 is 0 Å². The molecule has 0 saturated carbocycles. The van der Waals surface area contributed by atoms with Crippen molar-refractivity contribution in [3.05, 3.63) is 121 Å². The number of aliphatic imine (C=N–C) groups is 1. The van der Waals surface area contributed by atoms with E-state index < -0.39 is 10.5 Å². The van der Waals surface area contributed by atoms with Gasteiger partial charge in [-0.3, -0.25) is 14.9 Å². The minimum absolute atomic E-state index is 0.0136. The quantitative estimate of drug-likeness (QED) is 0.172. The second kappa shape index (κ2) is 10.9. The number of non-ortho nitro benzene ring substituents is 1. The smallest absolute Gasteiger partial charge is 0.291 e. The van der Waals surface area contributed by atoms with Crippen LogP contribution in [0.2, 0.25) is 0 Å². The lowest BCUT2D eigenvalue weighted by Crippen LogP contribution is -2.23. The Morgan fingerprint density at radius 1 is 1.02 bits per heavy atom. The molecule has 0 aliphatic carbocycles. The van der Waals surface area contributed by atoms with Gasteiger partial charge < -0.3 is 4.98 Å². The molecule has 0 unspecified atom stereocenters. The summed E-state index contributed by atoms with van der Waals surface area (Å²) in [6, 6.07) is 24.0. The van der Waals surface area contributed by atoms with Crippen LogP contribution in [0, 0.1) is 39.7 Å². The maximum atomic E-state index is 13.8. The number of para-hydroxylation sites is 2. The van der Waals surface area contributed by atoms with E-state index in [1.54, 1.807) is 6.92 Å². The number of nitrogens with zero attached hydrogens (tertiary/aromatic N) is 7. The van der Waals surface area contributed by atoms with Gasteiger partial charge in [0.1, 0.15) is 29.0 Å². The lowest BCUT2D eigenvalue weighted by atomic mass is 9.96. The van der Waals surface area contributed by atoms with E-state index in [9.17, 15) is 25.4 Å². The van der Waals surface area contributed by atoms with E-state index in [4.69, 9.17) is 0 Å². The van der Waals surface area contributed by atoms with Gasteiger partial charge in [-0.25, -0.2) is 9.98 Å². The maximum absolute atomic E-state index is 13.8. The molecule has 198 valence electrons. The fourth-order valence-electron chi connectivity index (χ4n) is 4.30. The third kappa shape index (κ3) is 4.99. The summed E-state index contributed by atoms with van der Waals surface area (Å²) in [7, 11) is 0. The molecule has 11 heteroatoms. The van der Waals surface area contributed by atoms with Gasteiger partial charge in [0.15, 0.2) is 11.6 Å². The summed E-state index contributed by atoms with van der Waals surface area (Å²) in [6.45, 7) is 3.53. The van der Waals surface area contributed by atoms with Crippen LogP contribution in [0.4, 0.5) is 11.5 Å². The molecule has 0 saturated heterocycles. The topological polar surface area (TPSA) is 166 Å². The molecule has 11 nitrogen and oxygen atoms in total. The third-order valence-electron chi connectivity index (χ3n) is 6.42. The number of fused-ring (bicyclic) bond motifs is 1. The van der Waals surface area contributed by atoms with Gasteiger partial charge in [0.05, 0.1) is 16.0 Å². The van der Waals surface area contributed by atoms with Gasteiger partial charge in [-0.05, 0) is 54.8 Å². The molecule has 0 atom stereocenters. The molecule has 5 rings (SSSR count). The zero-order valence-electron chi connectivity index (χ0n) is 21.9. The summed E-state index contributed by atoms with van der Waals surface area (Å²) in [5.74, 6) is 0.284. The van der Waals surface area contributed by atoms with Crippen LogP contribution in [0.5, 0.6) is 0 Å². The van der Waals surface area contributed by atoms with Gasteiger partial charge >= 0.3 is 0 Å². The molecule has 0 aliphatic rings. The van der Waals surface area contributed by atoms with E-state index >= 15 is 0 Å². The standard InChI is InChI=1S/C30H20N8O3/c1-18-7-3-4-8-21(18)17-33-29-23(15-31)27(20-11-13-22(14-12-20)38(40)41)24(16-32)30(39)37(29)36-19(2)28-34-25-9-5-6-10-26(25)35-28/h3-14,17H,1-2H3,(H,34,35)/b33-17+,36-19+. The highest BCUT2D eigenvalue weighted by Crippen LogP contribution is 2.33. The first kappa shape index (κ1) is 26.4. The minimum Gasteiger partial charge on any atom is -0.337 e. The van der Waals surface area contributed by atoms with Gasteiger partial charge in [-0.15, -0.1) is 0 Å². The Hall–Kier alpha value is -6.20. The maximum Gasteiger partial charge on any atom is 0.291 e. The van der Waals surface area contributed by atoms with Crippen LogP contribution in [0.3, 0.4) is 0 Å². The van der Waals surface area contributed by atoms with Crippen molar-refractivity contribution >= 4 is 34.5 Å². The number of hydrogen-bond acceptors (Lipinski definition) is 8. The van der Waals surface area contributed by atoms with Crippen molar-refractivity contribution in [2.24, 2.45) is 10.1 Å². The van der Waals surface area contributed by atoms with E-state index in [1.165, 1.54) is 30.5 Å². The summed E-state index contributed by atoms with van der Waals surface area (Å²) in [6.07, 6.45) is 1.51. The summed E-state index contributed by atoms with van der Waals surface area (Å²) < 4.78 is 0.920. The zero-order valence-corrected chi connectivity index (χ0v) is 21.9. The van der Waals surface area contributed by atoms with Crippen LogP contribution in [-0.4, -0.2) is 31.5 Å². The van der Waals surface area contributed by atoms with Gasteiger partial charge in [0.25, 0.3) is 11.2 Å². The van der Waals surface area contributed by atoms with Crippen molar-refractivity contribution in [3.8, 4) is 23.3 Å². The number of nitro groups is 1. The summed E-state index contributed by atoms with van der Waals surface area (Å²) in [5, 5.41) is 36.0. The Morgan fingerprint density at radius 3 is 2.37 bits per heavy atom. The Bertz CT molecular complexity index is 2000. The van der Waals surface area contributed by atoms with Crippen molar-refractivity contribution < 1.29 is 4.92 Å². The van der Waals surface area contributed by atoms with Crippen molar-refractivity contribution in [3.63, 3.8) is 0 Å². The highest BCUT2D eigenvalue weighted by atomic mass is 16.6. The number of aromatic nitrogens is 3. The molecule has 1 N–H and O–H groups in total. The molecule has 0 fully saturated rings. The van der Waals surface area contributed by atoms with E-state index in [0.717, 1.165) is 21.3 Å². The third-order valence-corrected chi connectivity index (χ3v) is 6.42. The molecule has 0 amide bonds. The van der Waals surface area contributed by atoms with E-state index in [-0.39, 0.29) is 33.8 Å². The molecule has 0 radical (unpaired) electrons. The number of benzene rings is 3. The summed E-state index contributed by atoms with van der Waals surface area (Å²) >= 11 is 0. The number of aryl methyl sites for hydroxylation is 1. The van der Waals surface area contributed by atoms with Gasteiger partial charge in [0.2, 0.25) is 0 Å². The van der Waals surface area contributed by atoms with Crippen molar-refractivity contribution in [2.75, 3.05) is 0 Å². The van der Waals surface area contributed by atoms with Crippen LogP contribution in [0.15, 0.2) is 87.7 Å². The molecular formula is C30H20N8O3. The summed E-state index contributed by atoms with van der Waals surface area (Å²) in [5.41, 5.74) is 2.29. The second-order valence-electron chi connectivity index (χ2n) is 9.00. The van der Waals surface area contributed by atoms with Gasteiger partial charge in [-0.2, -0.15) is 20.3 Å². The van der Waals surface area contributed by atoms with Crippen LogP contribution in [-0.2, 0) is 0 Å². The lowest BCUT2D eigenvalue weighted by Gasteiger charge is -2.13. The fourth-order valence-corrected chi connectivity index (χ4v) is 4.30. The first-order valence-corrected chi connectivity index (χ1v) is 12.3. The van der Waals surface area contributed by atoms with Crippen molar-refractivity contribution in [2.45, 2.75) is 13.8 Å².